The largest absolute Gasteiger partial charge is 0.490 e. The van der Waals surface area contributed by atoms with E-state index in [0.29, 0.717) is 6.42 Å². The summed E-state index contributed by atoms with van der Waals surface area (Å²) in [5.41, 5.74) is -0.589. The molecule has 0 saturated heterocycles. The van der Waals surface area contributed by atoms with Crippen molar-refractivity contribution < 1.29 is 14.3 Å². The van der Waals surface area contributed by atoms with Crippen molar-refractivity contribution >= 4 is 5.97 Å². The number of hydrogen-bond acceptors (Lipinski definition) is 4. The van der Waals surface area contributed by atoms with Gasteiger partial charge in [-0.05, 0) is 32.0 Å². The lowest BCUT2D eigenvalue weighted by Gasteiger charge is -2.25. The summed E-state index contributed by atoms with van der Waals surface area (Å²) < 4.78 is 10.7. The molecule has 4 heteroatoms. The van der Waals surface area contributed by atoms with Gasteiger partial charge in [-0.2, -0.15) is 0 Å². The van der Waals surface area contributed by atoms with Crippen molar-refractivity contribution in [2.75, 3.05) is 14.2 Å². The molecule has 0 aliphatic heterocycles. The maximum absolute atomic E-state index is 11.8. The SMILES string of the molecule is CNC1(C(=O)OC)CCC(Oc2ccccc2)C1. The number of esters is 1. The summed E-state index contributed by atoms with van der Waals surface area (Å²) in [7, 11) is 3.22. The first kappa shape index (κ1) is 12.9. The van der Waals surface area contributed by atoms with Crippen molar-refractivity contribution in [2.24, 2.45) is 0 Å². The first-order valence-electron chi connectivity index (χ1n) is 6.19. The second-order valence-electron chi connectivity index (χ2n) is 4.62. The van der Waals surface area contributed by atoms with Crippen molar-refractivity contribution in [1.82, 2.24) is 5.32 Å². The molecular formula is C14H19NO3. The Bertz CT molecular complexity index is 407. The normalized spacial score (nSPS) is 26.9. The summed E-state index contributed by atoms with van der Waals surface area (Å²) in [6, 6.07) is 9.69. The molecule has 0 bridgehead atoms. The highest BCUT2D eigenvalue weighted by Crippen LogP contribution is 2.33. The number of ether oxygens (including phenoxy) is 2. The average Bonchev–Trinajstić information content (AvgIpc) is 2.83. The lowest BCUT2D eigenvalue weighted by molar-refractivity contribution is -0.148. The Morgan fingerprint density at radius 1 is 1.39 bits per heavy atom. The fourth-order valence-electron chi connectivity index (χ4n) is 2.50. The molecule has 1 aromatic rings. The minimum absolute atomic E-state index is 0.0546. The number of hydrogen-bond donors (Lipinski definition) is 1. The Morgan fingerprint density at radius 2 is 2.11 bits per heavy atom. The van der Waals surface area contributed by atoms with Gasteiger partial charge in [0.25, 0.3) is 0 Å². The molecule has 4 nitrogen and oxygen atoms in total. The quantitative estimate of drug-likeness (QED) is 0.826. The van der Waals surface area contributed by atoms with Crippen LogP contribution >= 0.6 is 0 Å². The summed E-state index contributed by atoms with van der Waals surface area (Å²) >= 11 is 0. The smallest absolute Gasteiger partial charge is 0.326 e. The summed E-state index contributed by atoms with van der Waals surface area (Å²) in [5.74, 6) is 0.642. The number of nitrogens with one attached hydrogen (secondary N) is 1. The molecule has 2 atom stereocenters. The molecule has 1 fully saturated rings. The van der Waals surface area contributed by atoms with Gasteiger partial charge in [0, 0.05) is 6.42 Å². The van der Waals surface area contributed by atoms with E-state index in [9.17, 15) is 4.79 Å². The third-order valence-corrected chi connectivity index (χ3v) is 3.57. The van der Waals surface area contributed by atoms with Gasteiger partial charge in [-0.3, -0.25) is 4.79 Å². The Morgan fingerprint density at radius 3 is 2.72 bits per heavy atom. The lowest BCUT2D eigenvalue weighted by Crippen LogP contribution is -2.49. The predicted octanol–water partition coefficient (Wildman–Crippen LogP) is 1.75. The van der Waals surface area contributed by atoms with Crippen LogP contribution < -0.4 is 10.1 Å². The van der Waals surface area contributed by atoms with E-state index in [4.69, 9.17) is 9.47 Å². The van der Waals surface area contributed by atoms with E-state index < -0.39 is 5.54 Å². The highest BCUT2D eigenvalue weighted by atomic mass is 16.5. The molecule has 98 valence electrons. The van der Waals surface area contributed by atoms with E-state index in [2.05, 4.69) is 5.32 Å². The van der Waals surface area contributed by atoms with Crippen LogP contribution in [0, 0.1) is 0 Å². The zero-order chi connectivity index (χ0) is 13.0. The number of rotatable bonds is 4. The van der Waals surface area contributed by atoms with Crippen molar-refractivity contribution in [3.63, 3.8) is 0 Å². The lowest BCUT2D eigenvalue weighted by atomic mass is 9.98. The molecule has 0 heterocycles. The Balaban J connectivity index is 2.01. The fourth-order valence-corrected chi connectivity index (χ4v) is 2.50. The van der Waals surface area contributed by atoms with Crippen LogP contribution in [0.1, 0.15) is 19.3 Å². The minimum atomic E-state index is -0.589. The zero-order valence-electron chi connectivity index (χ0n) is 10.8. The van der Waals surface area contributed by atoms with Crippen LogP contribution in [0.4, 0.5) is 0 Å². The highest BCUT2D eigenvalue weighted by Gasteiger charge is 2.46. The molecule has 0 amide bonds. The van der Waals surface area contributed by atoms with E-state index in [1.54, 1.807) is 7.05 Å². The molecule has 2 unspecified atom stereocenters. The number of benzene rings is 1. The predicted molar refractivity (Wildman–Crippen MR) is 68.5 cm³/mol. The molecule has 1 aliphatic rings. The first-order valence-corrected chi connectivity index (χ1v) is 6.19. The molecule has 2 rings (SSSR count). The Labute approximate surface area is 107 Å². The minimum Gasteiger partial charge on any atom is -0.490 e. The third kappa shape index (κ3) is 2.48. The van der Waals surface area contributed by atoms with Gasteiger partial charge in [0.15, 0.2) is 0 Å². The average molecular weight is 249 g/mol. The van der Waals surface area contributed by atoms with Crippen molar-refractivity contribution in [1.29, 1.82) is 0 Å². The number of likely N-dealkylation sites (N-methyl/N-ethyl adjacent to an activating group) is 1. The molecule has 1 aromatic carbocycles. The van der Waals surface area contributed by atoms with Gasteiger partial charge < -0.3 is 14.8 Å². The molecule has 0 aromatic heterocycles. The van der Waals surface area contributed by atoms with Crippen LogP contribution in [0.2, 0.25) is 0 Å². The van der Waals surface area contributed by atoms with E-state index in [-0.39, 0.29) is 12.1 Å². The van der Waals surface area contributed by atoms with Gasteiger partial charge in [-0.1, -0.05) is 18.2 Å². The molecular weight excluding hydrogens is 230 g/mol. The van der Waals surface area contributed by atoms with Gasteiger partial charge in [0.1, 0.15) is 17.4 Å². The molecule has 0 spiro atoms. The van der Waals surface area contributed by atoms with Gasteiger partial charge in [-0.25, -0.2) is 0 Å². The molecule has 1 saturated carbocycles. The molecule has 18 heavy (non-hydrogen) atoms. The Kier molecular flexibility index (Phi) is 3.87. The van der Waals surface area contributed by atoms with E-state index in [1.807, 2.05) is 30.3 Å². The second-order valence-corrected chi connectivity index (χ2v) is 4.62. The van der Waals surface area contributed by atoms with Gasteiger partial charge in [0.2, 0.25) is 0 Å². The van der Waals surface area contributed by atoms with Crippen LogP contribution in [0.25, 0.3) is 0 Å². The van der Waals surface area contributed by atoms with E-state index in [0.717, 1.165) is 18.6 Å². The van der Waals surface area contributed by atoms with Crippen LogP contribution in [0.3, 0.4) is 0 Å². The van der Waals surface area contributed by atoms with Crippen LogP contribution in [0.15, 0.2) is 30.3 Å². The van der Waals surface area contributed by atoms with E-state index in [1.165, 1.54) is 7.11 Å². The maximum Gasteiger partial charge on any atom is 0.326 e. The maximum atomic E-state index is 11.8. The number of carbonyl (C=O) groups is 1. The number of para-hydroxylation sites is 1. The van der Waals surface area contributed by atoms with E-state index >= 15 is 0 Å². The van der Waals surface area contributed by atoms with Crippen molar-refractivity contribution in [3.05, 3.63) is 30.3 Å². The monoisotopic (exact) mass is 249 g/mol. The van der Waals surface area contributed by atoms with Gasteiger partial charge in [0.05, 0.1) is 7.11 Å². The van der Waals surface area contributed by atoms with Gasteiger partial charge >= 0.3 is 5.97 Å². The van der Waals surface area contributed by atoms with Gasteiger partial charge in [-0.15, -0.1) is 0 Å². The van der Waals surface area contributed by atoms with Crippen LogP contribution in [-0.4, -0.2) is 31.8 Å². The standard InChI is InChI=1S/C14H19NO3/c1-15-14(13(16)17-2)9-8-12(10-14)18-11-6-4-3-5-7-11/h3-7,12,15H,8-10H2,1-2H3. The second kappa shape index (κ2) is 5.40. The first-order chi connectivity index (χ1) is 8.70. The Hall–Kier alpha value is -1.55. The van der Waals surface area contributed by atoms with Crippen LogP contribution in [0.5, 0.6) is 5.75 Å². The highest BCUT2D eigenvalue weighted by molar-refractivity contribution is 5.81. The van der Waals surface area contributed by atoms with Crippen molar-refractivity contribution in [2.45, 2.75) is 30.9 Å². The molecule has 0 radical (unpaired) electrons. The number of methoxy groups -OCH3 is 1. The summed E-state index contributed by atoms with van der Waals surface area (Å²) in [4.78, 5) is 11.8. The third-order valence-electron chi connectivity index (χ3n) is 3.57. The van der Waals surface area contributed by atoms with Crippen molar-refractivity contribution in [3.8, 4) is 5.75 Å². The molecule has 1 N–H and O–H groups in total. The van der Waals surface area contributed by atoms with Crippen LogP contribution in [-0.2, 0) is 9.53 Å². The number of carbonyl (C=O) groups excluding carboxylic acids is 1. The zero-order valence-corrected chi connectivity index (χ0v) is 10.8. The summed E-state index contributed by atoms with van der Waals surface area (Å²) in [5, 5.41) is 3.09. The fraction of sp³-hybridized carbons (Fsp3) is 0.500. The molecule has 1 aliphatic carbocycles. The summed E-state index contributed by atoms with van der Waals surface area (Å²) in [6.07, 6.45) is 2.29. The summed E-state index contributed by atoms with van der Waals surface area (Å²) in [6.45, 7) is 0. The topological polar surface area (TPSA) is 47.6 Å².